The van der Waals surface area contributed by atoms with Crippen LogP contribution in [0.2, 0.25) is 0 Å². The molecule has 238 valence electrons. The summed E-state index contributed by atoms with van der Waals surface area (Å²) in [5, 5.41) is 9.30. The second-order valence-corrected chi connectivity index (χ2v) is 12.8. The van der Waals surface area contributed by atoms with E-state index in [4.69, 9.17) is 18.9 Å². The molecule has 46 heavy (non-hydrogen) atoms. The molecule has 0 spiro atoms. The van der Waals surface area contributed by atoms with E-state index < -0.39 is 18.0 Å². The molecule has 12 heteroatoms. The number of carbonyl (C=O) groups is 2. The summed E-state index contributed by atoms with van der Waals surface area (Å²) >= 11 is 3.36. The Balaban J connectivity index is 1.55. The summed E-state index contributed by atoms with van der Waals surface area (Å²) in [5.41, 5.74) is 2.75. The number of hydrogen-bond donors (Lipinski definition) is 1. The summed E-state index contributed by atoms with van der Waals surface area (Å²) in [7, 11) is 3.10. The van der Waals surface area contributed by atoms with E-state index >= 15 is 0 Å². The third-order valence-electron chi connectivity index (χ3n) is 7.12. The van der Waals surface area contributed by atoms with Crippen LogP contribution in [0.15, 0.2) is 81.7 Å². The summed E-state index contributed by atoms with van der Waals surface area (Å²) in [5.74, 6) is 0.0431. The van der Waals surface area contributed by atoms with Crippen molar-refractivity contribution in [2.24, 2.45) is 4.99 Å². The Hall–Kier alpha value is -4.43. The Morgan fingerprint density at radius 3 is 2.48 bits per heavy atom. The van der Waals surface area contributed by atoms with Crippen LogP contribution in [-0.4, -0.2) is 41.9 Å². The quantitative estimate of drug-likeness (QED) is 0.176. The number of aromatic nitrogens is 1. The fourth-order valence-electron chi connectivity index (χ4n) is 5.03. The number of aromatic carboxylic acids is 1. The van der Waals surface area contributed by atoms with Crippen LogP contribution < -0.4 is 29.1 Å². The monoisotopic (exact) mass is 754 g/mol. The Kier molecular flexibility index (Phi) is 9.97. The topological polar surface area (TPSA) is 126 Å². The third-order valence-corrected chi connectivity index (χ3v) is 8.91. The number of thiazole rings is 1. The molecule has 0 saturated heterocycles. The number of carboxylic acid groups (broad SMARTS) is 1. The minimum absolute atomic E-state index is 0.137. The largest absolute Gasteiger partial charge is 0.497 e. The molecule has 4 aromatic rings. The Morgan fingerprint density at radius 2 is 1.83 bits per heavy atom. The molecule has 3 aromatic carbocycles. The number of carbonyl (C=O) groups excluding carboxylic acids is 1. The lowest BCUT2D eigenvalue weighted by molar-refractivity contribution is -0.143. The van der Waals surface area contributed by atoms with Crippen molar-refractivity contribution in [2.45, 2.75) is 39.5 Å². The fourth-order valence-corrected chi connectivity index (χ4v) is 6.85. The van der Waals surface area contributed by atoms with Gasteiger partial charge in [-0.3, -0.25) is 9.36 Å². The van der Waals surface area contributed by atoms with E-state index in [9.17, 15) is 19.5 Å². The van der Waals surface area contributed by atoms with Crippen molar-refractivity contribution in [3.8, 4) is 17.2 Å². The molecule has 10 nitrogen and oxygen atoms in total. The lowest BCUT2D eigenvalue weighted by Gasteiger charge is -2.25. The van der Waals surface area contributed by atoms with Crippen LogP contribution in [0.25, 0.3) is 6.08 Å². The maximum absolute atomic E-state index is 14.0. The van der Waals surface area contributed by atoms with E-state index in [1.54, 1.807) is 70.4 Å². The van der Waals surface area contributed by atoms with Crippen LogP contribution in [0.4, 0.5) is 0 Å². The number of methoxy groups -OCH3 is 2. The maximum atomic E-state index is 14.0. The Bertz CT molecular complexity index is 2030. The van der Waals surface area contributed by atoms with Gasteiger partial charge in [-0.05, 0) is 103 Å². The molecular weight excluding hydrogens is 723 g/mol. The zero-order chi connectivity index (χ0) is 33.1. The number of rotatable bonds is 10. The fraction of sp³-hybridized carbons (Fsp3) is 0.235. The van der Waals surface area contributed by atoms with E-state index in [0.717, 1.165) is 3.57 Å². The van der Waals surface area contributed by atoms with Crippen molar-refractivity contribution in [1.82, 2.24) is 4.57 Å². The molecule has 1 aliphatic heterocycles. The van der Waals surface area contributed by atoms with Crippen molar-refractivity contribution >= 4 is 51.9 Å². The second kappa shape index (κ2) is 13.9. The van der Waals surface area contributed by atoms with Gasteiger partial charge >= 0.3 is 11.9 Å². The van der Waals surface area contributed by atoms with Gasteiger partial charge in [0.25, 0.3) is 5.56 Å². The lowest BCUT2D eigenvalue weighted by Crippen LogP contribution is -2.40. The number of nitrogens with zero attached hydrogens (tertiary/aromatic N) is 2. The number of halogens is 1. The molecule has 0 saturated carbocycles. The van der Waals surface area contributed by atoms with Crippen molar-refractivity contribution in [3.05, 3.63) is 117 Å². The van der Waals surface area contributed by atoms with Crippen molar-refractivity contribution < 1.29 is 33.6 Å². The van der Waals surface area contributed by atoms with Crippen LogP contribution in [0.1, 0.15) is 53.9 Å². The number of allylic oxidation sites excluding steroid dienone is 1. The standard InChI is InChI=1S/C34H31IN2O8S/c1-18(2)45-33(41)28-19(3)36-34-37(29(28)22-9-11-24(42-4)12-10-22)31(38)27(46-34)16-21-14-25(35)30(26(15-21)43-5)44-17-20-7-6-8-23(13-20)32(39)40/h6-16,18,29H,17H2,1-5H3,(H,39,40)/b27-16-/t29-/m1/s1. The smallest absolute Gasteiger partial charge is 0.338 e. The highest BCUT2D eigenvalue weighted by molar-refractivity contribution is 14.1. The van der Waals surface area contributed by atoms with E-state index in [1.807, 2.05) is 18.2 Å². The zero-order valence-electron chi connectivity index (χ0n) is 25.7. The van der Waals surface area contributed by atoms with Gasteiger partial charge < -0.3 is 24.1 Å². The van der Waals surface area contributed by atoms with Crippen molar-refractivity contribution in [1.29, 1.82) is 0 Å². The van der Waals surface area contributed by atoms with Gasteiger partial charge in [0.15, 0.2) is 16.3 Å². The predicted molar refractivity (Wildman–Crippen MR) is 181 cm³/mol. The van der Waals surface area contributed by atoms with Crippen LogP contribution >= 0.6 is 33.9 Å². The lowest BCUT2D eigenvalue weighted by atomic mass is 9.96. The van der Waals surface area contributed by atoms with E-state index in [-0.39, 0.29) is 23.8 Å². The summed E-state index contributed by atoms with van der Waals surface area (Å²) in [6.45, 7) is 5.43. The third kappa shape index (κ3) is 6.87. The highest BCUT2D eigenvalue weighted by Crippen LogP contribution is 2.35. The minimum Gasteiger partial charge on any atom is -0.497 e. The molecule has 0 fully saturated rings. The first-order valence-corrected chi connectivity index (χ1v) is 16.1. The summed E-state index contributed by atoms with van der Waals surface area (Å²) in [4.78, 5) is 43.8. The molecule has 0 aliphatic carbocycles. The van der Waals surface area contributed by atoms with Gasteiger partial charge in [-0.2, -0.15) is 0 Å². The van der Waals surface area contributed by atoms with Crippen LogP contribution in [-0.2, 0) is 16.1 Å². The molecule has 0 bridgehead atoms. The van der Waals surface area contributed by atoms with Gasteiger partial charge in [-0.15, -0.1) is 0 Å². The van der Waals surface area contributed by atoms with Gasteiger partial charge in [0.2, 0.25) is 0 Å². The Morgan fingerprint density at radius 1 is 1.09 bits per heavy atom. The van der Waals surface area contributed by atoms with Crippen LogP contribution in [0.3, 0.4) is 0 Å². The molecule has 0 unspecified atom stereocenters. The second-order valence-electron chi connectivity index (χ2n) is 10.6. The van der Waals surface area contributed by atoms with Crippen molar-refractivity contribution in [2.75, 3.05) is 14.2 Å². The first kappa shape index (κ1) is 32.9. The normalized spacial score (nSPS) is 14.5. The average molecular weight is 755 g/mol. The molecule has 5 rings (SSSR count). The molecule has 1 aliphatic rings. The number of ether oxygens (including phenoxy) is 4. The number of esters is 1. The van der Waals surface area contributed by atoms with E-state index in [2.05, 4.69) is 27.6 Å². The van der Waals surface area contributed by atoms with Gasteiger partial charge in [-0.25, -0.2) is 14.6 Å². The molecule has 2 heterocycles. The highest BCUT2D eigenvalue weighted by atomic mass is 127. The van der Waals surface area contributed by atoms with E-state index in [1.165, 1.54) is 29.1 Å². The van der Waals surface area contributed by atoms with Crippen LogP contribution in [0.5, 0.6) is 17.2 Å². The summed E-state index contributed by atoms with van der Waals surface area (Å²) in [6.07, 6.45) is 1.40. The first-order valence-electron chi connectivity index (χ1n) is 14.2. The molecular formula is C34H31IN2O8S. The van der Waals surface area contributed by atoms with Crippen LogP contribution in [0, 0.1) is 3.57 Å². The Labute approximate surface area is 282 Å². The average Bonchev–Trinajstić information content (AvgIpc) is 3.32. The van der Waals surface area contributed by atoms with Gasteiger partial charge in [-0.1, -0.05) is 35.6 Å². The number of hydrogen-bond acceptors (Lipinski definition) is 9. The molecule has 1 N–H and O–H groups in total. The highest BCUT2D eigenvalue weighted by Gasteiger charge is 2.34. The molecule has 1 atom stereocenters. The number of benzene rings is 3. The number of carboxylic acids is 1. The molecule has 1 aromatic heterocycles. The number of fused-ring (bicyclic) bond motifs is 1. The zero-order valence-corrected chi connectivity index (χ0v) is 28.7. The van der Waals surface area contributed by atoms with E-state index in [0.29, 0.717) is 54.5 Å². The maximum Gasteiger partial charge on any atom is 0.338 e. The minimum atomic E-state index is -1.01. The summed E-state index contributed by atoms with van der Waals surface area (Å²) < 4.78 is 25.3. The van der Waals surface area contributed by atoms with Crippen molar-refractivity contribution in [3.63, 3.8) is 0 Å². The SMILES string of the molecule is COc1ccc([C@@H]2C(C(=O)OC(C)C)=C(C)N=c3s/c(=C\c4cc(I)c(OCc5cccc(C(=O)O)c5)c(OC)c4)c(=O)n32)cc1. The van der Waals surface area contributed by atoms with Gasteiger partial charge in [0.05, 0.1) is 51.3 Å². The predicted octanol–water partition coefficient (Wildman–Crippen LogP) is 5.09. The first-order chi connectivity index (χ1) is 22.0. The molecule has 0 amide bonds. The summed E-state index contributed by atoms with van der Waals surface area (Å²) in [6, 6.07) is 16.6. The molecule has 0 radical (unpaired) electrons. The van der Waals surface area contributed by atoms with Gasteiger partial charge in [0.1, 0.15) is 12.4 Å². The van der Waals surface area contributed by atoms with Gasteiger partial charge in [0, 0.05) is 0 Å².